The Morgan fingerprint density at radius 3 is 2.55 bits per heavy atom. The maximum atomic E-state index is 13.5. The van der Waals surface area contributed by atoms with Gasteiger partial charge >= 0.3 is 0 Å². The van der Waals surface area contributed by atoms with Gasteiger partial charge in [0, 0.05) is 67.6 Å². The summed E-state index contributed by atoms with van der Waals surface area (Å²) in [6.07, 6.45) is 5.13. The number of pyridine rings is 1. The third-order valence-corrected chi connectivity index (χ3v) is 11.8. The minimum atomic E-state index is -3.63. The zero-order valence-electron chi connectivity index (χ0n) is 32.4. The number of aliphatic hydroxyl groups is 1. The molecular formula is C43H47Cl2FN4O7S. The molecule has 3 atom stereocenters. The number of halogens is 3. The highest BCUT2D eigenvalue weighted by molar-refractivity contribution is 7.91. The summed E-state index contributed by atoms with van der Waals surface area (Å²) in [5, 5.41) is 23.5. The average molecular weight is 854 g/mol. The topological polar surface area (TPSA) is 151 Å². The Kier molecular flexibility index (Phi) is 14.7. The molecule has 2 aliphatic rings. The summed E-state index contributed by atoms with van der Waals surface area (Å²) in [5.74, 6) is -0.0837. The van der Waals surface area contributed by atoms with E-state index in [2.05, 4.69) is 21.3 Å². The van der Waals surface area contributed by atoms with Crippen LogP contribution in [0, 0.1) is 11.3 Å². The second-order valence-electron chi connectivity index (χ2n) is 14.9. The number of nitriles is 1. The zero-order valence-corrected chi connectivity index (χ0v) is 34.8. The van der Waals surface area contributed by atoms with Crippen molar-refractivity contribution >= 4 is 38.8 Å². The molecule has 2 N–H and O–H groups in total. The number of nitrogens with zero attached hydrogens (tertiary/aromatic N) is 3. The Balaban J connectivity index is 1.20. The summed E-state index contributed by atoms with van der Waals surface area (Å²) in [6, 6.07) is 17.7. The van der Waals surface area contributed by atoms with Crippen LogP contribution in [0.25, 0.3) is 11.1 Å². The Labute approximate surface area is 349 Å². The molecule has 0 bridgehead atoms. The standard InChI is InChI=1S/C43H47Cl2FN4O7S/c1-27(51)43(37(52)26-58(2,53)54)49-24-30-19-36(44)41(20-40(30)56-25-29-18-28(21-47)22-48-23-29)57-38-11-10-33-32(6-3-7-34(33)38)35-8-4-9-39(42(35)45)55-17-5-14-50-15-12-31(46)13-16-50/h3-4,6-9,18-20,22-23,27,31,38,43,49,51H,5,10-17,24-26H2,1-2H3/t27-,38+,43+/m1/s1. The van der Waals surface area contributed by atoms with Crippen molar-refractivity contribution in [3.05, 3.63) is 105 Å². The summed E-state index contributed by atoms with van der Waals surface area (Å²) in [5.41, 5.74) is 5.46. The number of carbonyl (C=O) groups is 1. The fraction of sp³-hybridized carbons (Fsp3) is 0.419. The fourth-order valence-electron chi connectivity index (χ4n) is 7.42. The highest BCUT2D eigenvalue weighted by Gasteiger charge is 2.30. The van der Waals surface area contributed by atoms with Crippen molar-refractivity contribution in [2.45, 2.75) is 76.6 Å². The molecule has 3 aromatic carbocycles. The number of rotatable bonds is 18. The summed E-state index contributed by atoms with van der Waals surface area (Å²) < 4.78 is 56.2. The lowest BCUT2D eigenvalue weighted by Gasteiger charge is -2.28. The number of carbonyl (C=O) groups excluding carboxylic acids is 1. The van der Waals surface area contributed by atoms with Gasteiger partial charge in [-0.05, 0) is 73.9 Å². The van der Waals surface area contributed by atoms with Gasteiger partial charge < -0.3 is 29.5 Å². The molecule has 58 heavy (non-hydrogen) atoms. The molecule has 308 valence electrons. The molecule has 11 nitrogen and oxygen atoms in total. The highest BCUT2D eigenvalue weighted by atomic mass is 35.5. The van der Waals surface area contributed by atoms with Gasteiger partial charge in [-0.15, -0.1) is 0 Å². The van der Waals surface area contributed by atoms with Crippen molar-refractivity contribution in [2.75, 3.05) is 38.2 Å². The van der Waals surface area contributed by atoms with E-state index < -0.39 is 39.7 Å². The Hall–Kier alpha value is -4.29. The van der Waals surface area contributed by atoms with Crippen molar-refractivity contribution in [3.63, 3.8) is 0 Å². The van der Waals surface area contributed by atoms with E-state index in [4.69, 9.17) is 37.4 Å². The number of alkyl halides is 1. The van der Waals surface area contributed by atoms with E-state index in [0.29, 0.717) is 64.8 Å². The van der Waals surface area contributed by atoms with Gasteiger partial charge in [-0.1, -0.05) is 53.5 Å². The number of aromatic nitrogens is 1. The van der Waals surface area contributed by atoms with E-state index in [1.165, 1.54) is 13.1 Å². The molecular weight excluding hydrogens is 806 g/mol. The first-order valence-corrected chi connectivity index (χ1v) is 22.1. The number of ketones is 1. The minimum Gasteiger partial charge on any atom is -0.492 e. The third kappa shape index (κ3) is 11.3. The normalized spacial score (nSPS) is 16.9. The predicted molar refractivity (Wildman–Crippen MR) is 221 cm³/mol. The van der Waals surface area contributed by atoms with E-state index in [1.807, 2.05) is 36.4 Å². The van der Waals surface area contributed by atoms with Gasteiger partial charge in [0.1, 0.15) is 48.0 Å². The number of ether oxygens (including phenoxy) is 3. The first kappa shape index (κ1) is 43.3. The number of nitrogens with one attached hydrogen (secondary N) is 1. The molecule has 2 heterocycles. The number of sulfone groups is 1. The number of likely N-dealkylation sites (tertiary alicyclic amines) is 1. The summed E-state index contributed by atoms with van der Waals surface area (Å²) >= 11 is 13.8. The molecule has 0 unspecified atom stereocenters. The van der Waals surface area contributed by atoms with Crippen molar-refractivity contribution < 1.29 is 36.9 Å². The van der Waals surface area contributed by atoms with Crippen molar-refractivity contribution in [2.24, 2.45) is 0 Å². The van der Waals surface area contributed by atoms with Crippen LogP contribution in [0.1, 0.15) is 66.5 Å². The molecule has 0 radical (unpaired) electrons. The number of hydrogen-bond donors (Lipinski definition) is 2. The second-order valence-corrected chi connectivity index (χ2v) is 17.8. The maximum absolute atomic E-state index is 13.5. The lowest BCUT2D eigenvalue weighted by molar-refractivity contribution is -0.121. The molecule has 0 saturated carbocycles. The quantitative estimate of drug-likeness (QED) is 0.0977. The minimum absolute atomic E-state index is 0.00463. The van der Waals surface area contributed by atoms with Crippen LogP contribution in [-0.2, 0) is 34.2 Å². The van der Waals surface area contributed by atoms with Gasteiger partial charge in [0.15, 0.2) is 15.6 Å². The van der Waals surface area contributed by atoms with Gasteiger partial charge in [0.05, 0.1) is 34.4 Å². The molecule has 15 heteroatoms. The van der Waals surface area contributed by atoms with Gasteiger partial charge in [0.2, 0.25) is 0 Å². The van der Waals surface area contributed by atoms with Crippen LogP contribution in [0.3, 0.4) is 0 Å². The Morgan fingerprint density at radius 2 is 1.81 bits per heavy atom. The smallest absolute Gasteiger partial charge is 0.167 e. The maximum Gasteiger partial charge on any atom is 0.167 e. The number of fused-ring (bicyclic) bond motifs is 1. The molecule has 1 fully saturated rings. The second kappa shape index (κ2) is 19.6. The van der Waals surface area contributed by atoms with Crippen molar-refractivity contribution in [1.82, 2.24) is 15.2 Å². The van der Waals surface area contributed by atoms with Crippen LogP contribution < -0.4 is 19.5 Å². The van der Waals surface area contributed by atoms with E-state index in [1.54, 1.807) is 24.4 Å². The zero-order chi connectivity index (χ0) is 41.4. The predicted octanol–water partition coefficient (Wildman–Crippen LogP) is 7.23. The first-order valence-electron chi connectivity index (χ1n) is 19.3. The molecule has 1 aromatic heterocycles. The number of Topliss-reactive ketones (excluding diaryl/α,β-unsaturated/α-hetero) is 1. The van der Waals surface area contributed by atoms with Crippen LogP contribution in [-0.4, -0.2) is 85.8 Å². The van der Waals surface area contributed by atoms with E-state index in [-0.39, 0.29) is 24.3 Å². The largest absolute Gasteiger partial charge is 0.492 e. The van der Waals surface area contributed by atoms with Gasteiger partial charge in [-0.3, -0.25) is 9.78 Å². The van der Waals surface area contributed by atoms with Crippen molar-refractivity contribution in [1.29, 1.82) is 5.26 Å². The number of aliphatic hydroxyl groups excluding tert-OH is 1. The lowest BCUT2D eigenvalue weighted by Crippen LogP contribution is -2.46. The molecule has 1 aliphatic carbocycles. The molecule has 0 amide bonds. The molecule has 6 rings (SSSR count). The fourth-order valence-corrected chi connectivity index (χ4v) is 8.63. The summed E-state index contributed by atoms with van der Waals surface area (Å²) in [6.45, 7) is 4.33. The number of benzene rings is 3. The SMILES string of the molecule is C[C@@H](O)[C@H](NCc1cc(Cl)c(O[C@H]2CCc3c(-c4cccc(OCCCN5CCC(F)CC5)c4Cl)cccc32)cc1OCc1cncc(C#N)c1)C(=O)CS(C)(=O)=O. The van der Waals surface area contributed by atoms with Gasteiger partial charge in [-0.25, -0.2) is 12.8 Å². The summed E-state index contributed by atoms with van der Waals surface area (Å²) in [7, 11) is -3.63. The van der Waals surface area contributed by atoms with E-state index in [9.17, 15) is 28.0 Å². The summed E-state index contributed by atoms with van der Waals surface area (Å²) in [4.78, 5) is 19.2. The Morgan fingerprint density at radius 1 is 1.05 bits per heavy atom. The third-order valence-electron chi connectivity index (χ3n) is 10.3. The van der Waals surface area contributed by atoms with Crippen LogP contribution in [0.4, 0.5) is 4.39 Å². The molecule has 4 aromatic rings. The lowest BCUT2D eigenvalue weighted by atomic mass is 9.96. The van der Waals surface area contributed by atoms with Crippen LogP contribution in [0.5, 0.6) is 17.2 Å². The van der Waals surface area contributed by atoms with Crippen molar-refractivity contribution in [3.8, 4) is 34.4 Å². The number of hydrogen-bond acceptors (Lipinski definition) is 11. The van der Waals surface area contributed by atoms with Gasteiger partial charge in [0.25, 0.3) is 0 Å². The van der Waals surface area contributed by atoms with Crippen LogP contribution in [0.15, 0.2) is 67.0 Å². The highest BCUT2D eigenvalue weighted by Crippen LogP contribution is 2.45. The monoisotopic (exact) mass is 852 g/mol. The molecule has 1 saturated heterocycles. The van der Waals surface area contributed by atoms with E-state index in [0.717, 1.165) is 61.0 Å². The molecule has 0 spiro atoms. The first-order chi connectivity index (χ1) is 27.8. The average Bonchev–Trinajstić information content (AvgIpc) is 3.60. The molecule has 1 aliphatic heterocycles. The van der Waals surface area contributed by atoms with Crippen LogP contribution >= 0.6 is 23.2 Å². The van der Waals surface area contributed by atoms with E-state index >= 15 is 0 Å². The van der Waals surface area contributed by atoms with Crippen LogP contribution in [0.2, 0.25) is 10.0 Å². The Bertz CT molecular complexity index is 2250. The van der Waals surface area contributed by atoms with Gasteiger partial charge in [-0.2, -0.15) is 5.26 Å². The number of piperidine rings is 1.